The second-order valence-corrected chi connectivity index (χ2v) is 7.43. The monoisotopic (exact) mass is 401 g/mol. The molecule has 1 atom stereocenters. The SMILES string of the molecule is CC(CC(=O)N1CCN(C(c2ccc(F)cc2)c2ccc(F)cc2)CC1)C(N)=O. The number of carbonyl (C=O) groups is 2. The summed E-state index contributed by atoms with van der Waals surface area (Å²) < 4.78 is 26.8. The first-order valence-electron chi connectivity index (χ1n) is 9.67. The average molecular weight is 401 g/mol. The molecule has 0 saturated carbocycles. The zero-order chi connectivity index (χ0) is 21.0. The Hall–Kier alpha value is -2.80. The van der Waals surface area contributed by atoms with E-state index in [-0.39, 0.29) is 30.0 Å². The minimum Gasteiger partial charge on any atom is -0.369 e. The van der Waals surface area contributed by atoms with Crippen LogP contribution in [0, 0.1) is 17.6 Å². The van der Waals surface area contributed by atoms with E-state index in [1.807, 2.05) is 0 Å². The Bertz CT molecular complexity index is 802. The van der Waals surface area contributed by atoms with Gasteiger partial charge in [-0.2, -0.15) is 0 Å². The van der Waals surface area contributed by atoms with Crippen molar-refractivity contribution in [1.29, 1.82) is 0 Å². The van der Waals surface area contributed by atoms with Crippen LogP contribution in [0.2, 0.25) is 0 Å². The quantitative estimate of drug-likeness (QED) is 0.809. The van der Waals surface area contributed by atoms with Crippen molar-refractivity contribution < 1.29 is 18.4 Å². The second kappa shape index (κ2) is 9.13. The van der Waals surface area contributed by atoms with E-state index in [2.05, 4.69) is 4.90 Å². The molecule has 1 saturated heterocycles. The average Bonchev–Trinajstić information content (AvgIpc) is 2.71. The molecule has 0 aromatic heterocycles. The maximum Gasteiger partial charge on any atom is 0.223 e. The molecule has 1 aliphatic rings. The van der Waals surface area contributed by atoms with Gasteiger partial charge in [0, 0.05) is 38.5 Å². The van der Waals surface area contributed by atoms with Gasteiger partial charge in [-0.1, -0.05) is 31.2 Å². The Labute approximate surface area is 169 Å². The van der Waals surface area contributed by atoms with E-state index in [0.29, 0.717) is 26.2 Å². The Kier molecular flexibility index (Phi) is 6.59. The van der Waals surface area contributed by atoms with Crippen molar-refractivity contribution in [2.45, 2.75) is 19.4 Å². The third-order valence-electron chi connectivity index (χ3n) is 5.37. The molecular formula is C22H25F2N3O2. The second-order valence-electron chi connectivity index (χ2n) is 7.43. The molecule has 0 bridgehead atoms. The number of hydrogen-bond acceptors (Lipinski definition) is 3. The Balaban J connectivity index is 1.74. The molecule has 1 unspecified atom stereocenters. The van der Waals surface area contributed by atoms with Crippen LogP contribution in [0.1, 0.15) is 30.5 Å². The molecule has 2 N–H and O–H groups in total. The maximum atomic E-state index is 13.4. The third-order valence-corrected chi connectivity index (χ3v) is 5.37. The molecule has 0 aliphatic carbocycles. The third kappa shape index (κ3) is 5.17. The van der Waals surface area contributed by atoms with E-state index in [4.69, 9.17) is 5.73 Å². The number of primary amides is 1. The molecular weight excluding hydrogens is 376 g/mol. The van der Waals surface area contributed by atoms with Crippen LogP contribution in [0.5, 0.6) is 0 Å². The summed E-state index contributed by atoms with van der Waals surface area (Å²) >= 11 is 0. The van der Waals surface area contributed by atoms with E-state index < -0.39 is 11.8 Å². The van der Waals surface area contributed by atoms with Crippen molar-refractivity contribution in [3.05, 3.63) is 71.3 Å². The summed E-state index contributed by atoms with van der Waals surface area (Å²) in [4.78, 5) is 27.6. The number of rotatable bonds is 6. The summed E-state index contributed by atoms with van der Waals surface area (Å²) in [6.07, 6.45) is 0.106. The molecule has 1 fully saturated rings. The van der Waals surface area contributed by atoms with Crippen molar-refractivity contribution >= 4 is 11.8 Å². The van der Waals surface area contributed by atoms with E-state index >= 15 is 0 Å². The first-order valence-corrected chi connectivity index (χ1v) is 9.67. The Morgan fingerprint density at radius 3 is 1.76 bits per heavy atom. The fourth-order valence-corrected chi connectivity index (χ4v) is 3.63. The molecule has 0 radical (unpaired) electrons. The van der Waals surface area contributed by atoms with Crippen LogP contribution in [0.3, 0.4) is 0 Å². The predicted octanol–water partition coefficient (Wildman–Crippen LogP) is 2.71. The molecule has 3 rings (SSSR count). The first-order chi connectivity index (χ1) is 13.8. The van der Waals surface area contributed by atoms with Gasteiger partial charge in [-0.25, -0.2) is 8.78 Å². The lowest BCUT2D eigenvalue weighted by molar-refractivity contribution is -0.136. The van der Waals surface area contributed by atoms with Gasteiger partial charge in [-0.15, -0.1) is 0 Å². The number of piperazine rings is 1. The largest absolute Gasteiger partial charge is 0.369 e. The summed E-state index contributed by atoms with van der Waals surface area (Å²) in [6.45, 7) is 3.90. The molecule has 154 valence electrons. The lowest BCUT2D eigenvalue weighted by atomic mass is 9.96. The van der Waals surface area contributed by atoms with Gasteiger partial charge in [0.15, 0.2) is 0 Å². The molecule has 2 amide bonds. The van der Waals surface area contributed by atoms with Crippen LogP contribution in [-0.4, -0.2) is 47.8 Å². The van der Waals surface area contributed by atoms with Crippen LogP contribution in [0.4, 0.5) is 8.78 Å². The summed E-state index contributed by atoms with van der Waals surface area (Å²) in [7, 11) is 0. The lowest BCUT2D eigenvalue weighted by Gasteiger charge is -2.40. The minimum absolute atomic E-state index is 0.0870. The van der Waals surface area contributed by atoms with Crippen LogP contribution in [-0.2, 0) is 9.59 Å². The number of benzene rings is 2. The van der Waals surface area contributed by atoms with Crippen molar-refractivity contribution in [2.24, 2.45) is 11.7 Å². The molecule has 1 aliphatic heterocycles. The number of halogens is 2. The van der Waals surface area contributed by atoms with Crippen molar-refractivity contribution in [3.8, 4) is 0 Å². The van der Waals surface area contributed by atoms with Gasteiger partial charge in [0.2, 0.25) is 11.8 Å². The standard InChI is InChI=1S/C22H25F2N3O2/c1-15(22(25)29)14-20(28)26-10-12-27(13-11-26)21(16-2-6-18(23)7-3-16)17-4-8-19(24)9-5-17/h2-9,15,21H,10-14H2,1H3,(H2,25,29). The Morgan fingerprint density at radius 2 is 1.34 bits per heavy atom. The van der Waals surface area contributed by atoms with Gasteiger partial charge in [0.05, 0.1) is 6.04 Å². The normalized spacial score (nSPS) is 16.1. The zero-order valence-corrected chi connectivity index (χ0v) is 16.4. The molecule has 2 aromatic rings. The first kappa shape index (κ1) is 20.9. The fraction of sp³-hybridized carbons (Fsp3) is 0.364. The smallest absolute Gasteiger partial charge is 0.223 e. The van der Waals surface area contributed by atoms with E-state index in [0.717, 1.165) is 11.1 Å². The van der Waals surface area contributed by atoms with Crippen molar-refractivity contribution in [2.75, 3.05) is 26.2 Å². The lowest BCUT2D eigenvalue weighted by Crippen LogP contribution is -2.50. The van der Waals surface area contributed by atoms with Crippen LogP contribution in [0.25, 0.3) is 0 Å². The highest BCUT2D eigenvalue weighted by Gasteiger charge is 2.29. The number of nitrogens with two attached hydrogens (primary N) is 1. The minimum atomic E-state index is -0.494. The van der Waals surface area contributed by atoms with E-state index in [9.17, 15) is 18.4 Å². The topological polar surface area (TPSA) is 66.6 Å². The van der Waals surface area contributed by atoms with E-state index in [1.54, 1.807) is 36.1 Å². The highest BCUT2D eigenvalue weighted by molar-refractivity contribution is 5.84. The molecule has 2 aromatic carbocycles. The van der Waals surface area contributed by atoms with Crippen molar-refractivity contribution in [3.63, 3.8) is 0 Å². The van der Waals surface area contributed by atoms with Crippen molar-refractivity contribution in [1.82, 2.24) is 9.80 Å². The molecule has 0 spiro atoms. The maximum absolute atomic E-state index is 13.4. The molecule has 1 heterocycles. The van der Waals surface area contributed by atoms with Gasteiger partial charge < -0.3 is 10.6 Å². The summed E-state index contributed by atoms with van der Waals surface area (Å²) in [5, 5.41) is 0. The van der Waals surface area contributed by atoms with Crippen LogP contribution < -0.4 is 5.73 Å². The highest BCUT2D eigenvalue weighted by Crippen LogP contribution is 2.30. The van der Waals surface area contributed by atoms with Gasteiger partial charge in [0.1, 0.15) is 11.6 Å². The number of amides is 2. The Morgan fingerprint density at radius 1 is 0.897 bits per heavy atom. The molecule has 7 heteroatoms. The molecule has 5 nitrogen and oxygen atoms in total. The summed E-state index contributed by atoms with van der Waals surface area (Å²) in [5.74, 6) is -1.69. The van der Waals surface area contributed by atoms with Crippen LogP contribution >= 0.6 is 0 Å². The van der Waals surface area contributed by atoms with Gasteiger partial charge >= 0.3 is 0 Å². The summed E-state index contributed by atoms with van der Waals surface area (Å²) in [6, 6.07) is 12.4. The predicted molar refractivity (Wildman–Crippen MR) is 106 cm³/mol. The highest BCUT2D eigenvalue weighted by atomic mass is 19.1. The van der Waals surface area contributed by atoms with E-state index in [1.165, 1.54) is 24.3 Å². The number of hydrogen-bond donors (Lipinski definition) is 1. The van der Waals surface area contributed by atoms with Crippen LogP contribution in [0.15, 0.2) is 48.5 Å². The van der Waals surface area contributed by atoms with Gasteiger partial charge in [-0.05, 0) is 35.4 Å². The molecule has 29 heavy (non-hydrogen) atoms. The zero-order valence-electron chi connectivity index (χ0n) is 16.4. The van der Waals surface area contributed by atoms with Gasteiger partial charge in [-0.3, -0.25) is 14.5 Å². The van der Waals surface area contributed by atoms with Gasteiger partial charge in [0.25, 0.3) is 0 Å². The number of carbonyl (C=O) groups excluding carboxylic acids is 2. The number of nitrogens with zero attached hydrogens (tertiary/aromatic N) is 2. The summed E-state index contributed by atoms with van der Waals surface area (Å²) in [5.41, 5.74) is 7.06. The fourth-order valence-electron chi connectivity index (χ4n) is 3.63.